The molecule has 0 saturated carbocycles. The second-order valence-corrected chi connectivity index (χ2v) is 10.5. The molecular weight excluding hydrogens is 581 g/mol. The van der Waals surface area contributed by atoms with Gasteiger partial charge in [0.25, 0.3) is 0 Å². The Morgan fingerprint density at radius 2 is 1.55 bits per heavy atom. The van der Waals surface area contributed by atoms with E-state index < -0.39 is 12.1 Å². The Hall–Kier alpha value is -3.96. The molecule has 44 heavy (non-hydrogen) atoms. The number of carboxylic acids is 1. The van der Waals surface area contributed by atoms with Crippen LogP contribution in [0.25, 0.3) is 0 Å². The van der Waals surface area contributed by atoms with Crippen molar-refractivity contribution in [2.75, 3.05) is 77.2 Å². The quantitative estimate of drug-likeness (QED) is 0.284. The van der Waals surface area contributed by atoms with Crippen LogP contribution in [0.1, 0.15) is 49.8 Å². The monoisotopic (exact) mass is 622 g/mol. The molecule has 14 heteroatoms. The van der Waals surface area contributed by atoms with E-state index in [1.165, 1.54) is 25.7 Å². The molecule has 0 bridgehead atoms. The van der Waals surface area contributed by atoms with Crippen LogP contribution >= 0.6 is 0 Å². The normalized spacial score (nSPS) is 15.8. The number of carbonyl (C=O) groups is 1. The number of ether oxygens (including phenoxy) is 3. The highest BCUT2D eigenvalue weighted by Crippen LogP contribution is 2.45. The molecule has 3 N–H and O–H groups in total. The lowest BCUT2D eigenvalue weighted by molar-refractivity contribution is -0.192. The predicted molar refractivity (Wildman–Crippen MR) is 160 cm³/mol. The van der Waals surface area contributed by atoms with Crippen molar-refractivity contribution in [1.82, 2.24) is 14.8 Å². The fraction of sp³-hybridized carbons (Fsp3) is 0.567. The molecule has 0 atom stereocenters. The number of benzene rings is 1. The number of nitriles is 1. The number of anilines is 2. The van der Waals surface area contributed by atoms with Crippen LogP contribution in [0.15, 0.2) is 12.1 Å². The predicted octanol–water partition coefficient (Wildman–Crippen LogP) is 4.95. The van der Waals surface area contributed by atoms with Gasteiger partial charge in [-0.3, -0.25) is 0 Å². The number of likely N-dealkylation sites (tertiary alicyclic amines) is 2. The van der Waals surface area contributed by atoms with Crippen molar-refractivity contribution >= 4 is 17.5 Å². The maximum Gasteiger partial charge on any atom is 0.490 e. The fourth-order valence-corrected chi connectivity index (χ4v) is 5.40. The molecule has 3 aliphatic rings. The average Bonchev–Trinajstić information content (AvgIpc) is 3.70. The van der Waals surface area contributed by atoms with Gasteiger partial charge in [-0.05, 0) is 57.9 Å². The molecule has 3 aliphatic heterocycles. The highest BCUT2D eigenvalue weighted by Gasteiger charge is 2.38. The zero-order valence-corrected chi connectivity index (χ0v) is 24.4. The number of aromatic nitrogens is 1. The van der Waals surface area contributed by atoms with E-state index in [2.05, 4.69) is 26.5 Å². The van der Waals surface area contributed by atoms with E-state index in [-0.39, 0.29) is 7.43 Å². The summed E-state index contributed by atoms with van der Waals surface area (Å²) in [7, 11) is 3.24. The van der Waals surface area contributed by atoms with E-state index in [1.54, 1.807) is 14.2 Å². The van der Waals surface area contributed by atoms with Gasteiger partial charge in [0.15, 0.2) is 11.5 Å². The van der Waals surface area contributed by atoms with Gasteiger partial charge in [0, 0.05) is 49.8 Å². The minimum atomic E-state index is -5.08. The highest BCUT2D eigenvalue weighted by molar-refractivity contribution is 5.76. The smallest absolute Gasteiger partial charge is 0.490 e. The van der Waals surface area contributed by atoms with Gasteiger partial charge in [-0.25, -0.2) is 4.79 Å². The molecule has 0 unspecified atom stereocenters. The zero-order chi connectivity index (χ0) is 31.0. The topological polar surface area (TPSA) is 132 Å². The Balaban J connectivity index is 0.000000594. The summed E-state index contributed by atoms with van der Waals surface area (Å²) >= 11 is 0. The first-order valence-electron chi connectivity index (χ1n) is 14.3. The van der Waals surface area contributed by atoms with E-state index >= 15 is 0 Å². The van der Waals surface area contributed by atoms with Crippen molar-refractivity contribution in [3.05, 3.63) is 28.8 Å². The van der Waals surface area contributed by atoms with Crippen LogP contribution in [-0.2, 0) is 11.2 Å². The van der Waals surface area contributed by atoms with Crippen molar-refractivity contribution in [3.63, 3.8) is 0 Å². The van der Waals surface area contributed by atoms with Crippen LogP contribution in [0.4, 0.5) is 24.7 Å². The van der Waals surface area contributed by atoms with E-state index in [0.29, 0.717) is 40.9 Å². The third-order valence-corrected chi connectivity index (χ3v) is 7.60. The van der Waals surface area contributed by atoms with Crippen molar-refractivity contribution in [2.24, 2.45) is 0 Å². The van der Waals surface area contributed by atoms with Crippen molar-refractivity contribution in [3.8, 4) is 29.2 Å². The van der Waals surface area contributed by atoms with Gasteiger partial charge in [-0.1, -0.05) is 7.43 Å². The number of aliphatic carboxylic acids is 1. The maximum absolute atomic E-state index is 10.6. The van der Waals surface area contributed by atoms with Gasteiger partial charge in [0.1, 0.15) is 23.2 Å². The number of carboxylic acid groups (broad SMARTS) is 1. The number of alkyl halides is 3. The van der Waals surface area contributed by atoms with Crippen LogP contribution in [0.2, 0.25) is 0 Å². The summed E-state index contributed by atoms with van der Waals surface area (Å²) in [6.07, 6.45) is 0.539. The van der Waals surface area contributed by atoms with Crippen LogP contribution < -0.4 is 24.8 Å². The van der Waals surface area contributed by atoms with Crippen LogP contribution in [0, 0.1) is 11.3 Å². The molecule has 0 amide bonds. The number of nitrogens with one attached hydrogen (secondary N) is 2. The SMILES string of the molecule is C.COc1cc2c(cc1OC)Oc1nc(NCCN3CCCC3)c(C#N)c(NCCN3CCCC3)c1C2.O=C(O)C(F)(F)F. The van der Waals surface area contributed by atoms with E-state index in [4.69, 9.17) is 29.1 Å². The molecule has 0 spiro atoms. The lowest BCUT2D eigenvalue weighted by Crippen LogP contribution is -2.27. The third kappa shape index (κ3) is 8.57. The number of pyridine rings is 1. The molecule has 1 aromatic carbocycles. The maximum atomic E-state index is 10.6. The number of rotatable bonds is 10. The number of hydrogen-bond donors (Lipinski definition) is 3. The Bertz CT molecular complexity index is 1320. The Kier molecular flexibility index (Phi) is 12.3. The summed E-state index contributed by atoms with van der Waals surface area (Å²) in [5.74, 6) is 0.307. The van der Waals surface area contributed by atoms with Gasteiger partial charge in [-0.15, -0.1) is 0 Å². The number of halogens is 3. The van der Waals surface area contributed by atoms with E-state index in [0.717, 1.165) is 69.2 Å². The summed E-state index contributed by atoms with van der Waals surface area (Å²) < 4.78 is 49.0. The van der Waals surface area contributed by atoms with Crippen LogP contribution in [0.3, 0.4) is 0 Å². The van der Waals surface area contributed by atoms with Gasteiger partial charge in [0.2, 0.25) is 5.88 Å². The van der Waals surface area contributed by atoms with Crippen LogP contribution in [-0.4, -0.2) is 98.6 Å². The summed E-state index contributed by atoms with van der Waals surface area (Å²) in [6, 6.07) is 6.21. The minimum Gasteiger partial charge on any atom is -0.493 e. The molecule has 0 radical (unpaired) electrons. The molecule has 0 aliphatic carbocycles. The summed E-state index contributed by atoms with van der Waals surface area (Å²) in [5, 5.41) is 24.3. The molecular formula is C30H41F3N6O5. The first-order valence-corrected chi connectivity index (χ1v) is 14.3. The van der Waals surface area contributed by atoms with E-state index in [1.807, 2.05) is 12.1 Å². The fourth-order valence-electron chi connectivity index (χ4n) is 5.40. The van der Waals surface area contributed by atoms with Gasteiger partial charge in [-0.2, -0.15) is 23.4 Å². The van der Waals surface area contributed by atoms with Gasteiger partial charge < -0.3 is 39.8 Å². The van der Waals surface area contributed by atoms with Crippen LogP contribution in [0.5, 0.6) is 23.1 Å². The highest BCUT2D eigenvalue weighted by atomic mass is 19.4. The van der Waals surface area contributed by atoms with E-state index in [9.17, 15) is 18.4 Å². The standard InChI is InChI=1S/C27H36N6O3.C2HF3O2.CH4/c1-34-23-16-19-15-20-25(29-7-13-32-9-3-4-10-32)21(18-28)26(30-8-14-33-11-5-6-12-33)31-27(20)36-22(19)17-24(23)35-2;3-2(4,5)1(6)7;/h16-17H,3-15H2,1-2H3,(H2,29,30,31);(H,6,7);1H4. The van der Waals surface area contributed by atoms with Gasteiger partial charge in [0.05, 0.1) is 19.9 Å². The average molecular weight is 623 g/mol. The van der Waals surface area contributed by atoms with Gasteiger partial charge >= 0.3 is 12.1 Å². The summed E-state index contributed by atoms with van der Waals surface area (Å²) in [5.41, 5.74) is 3.23. The van der Waals surface area contributed by atoms with Crippen molar-refractivity contribution < 1.29 is 37.3 Å². The second-order valence-electron chi connectivity index (χ2n) is 10.5. The Morgan fingerprint density at radius 1 is 1.02 bits per heavy atom. The Morgan fingerprint density at radius 3 is 2.05 bits per heavy atom. The number of hydrogen-bond acceptors (Lipinski definition) is 10. The number of fused-ring (bicyclic) bond motifs is 2. The molecule has 11 nitrogen and oxygen atoms in total. The number of methoxy groups -OCH3 is 2. The summed E-state index contributed by atoms with van der Waals surface area (Å²) in [6.45, 7) is 7.93. The first kappa shape index (κ1) is 34.5. The minimum absolute atomic E-state index is 0. The third-order valence-electron chi connectivity index (χ3n) is 7.60. The lowest BCUT2D eigenvalue weighted by Gasteiger charge is -2.26. The summed E-state index contributed by atoms with van der Waals surface area (Å²) in [4.78, 5) is 18.6. The largest absolute Gasteiger partial charge is 0.493 e. The number of nitrogens with zero attached hydrogens (tertiary/aromatic N) is 4. The molecule has 4 heterocycles. The molecule has 2 aromatic rings. The first-order chi connectivity index (χ1) is 20.6. The molecule has 5 rings (SSSR count). The molecule has 1 aromatic heterocycles. The molecule has 2 fully saturated rings. The lowest BCUT2D eigenvalue weighted by atomic mass is 9.98. The Labute approximate surface area is 255 Å². The molecule has 242 valence electrons. The zero-order valence-electron chi connectivity index (χ0n) is 24.4. The second kappa shape index (κ2) is 15.7. The molecule has 2 saturated heterocycles. The van der Waals surface area contributed by atoms with Crippen molar-refractivity contribution in [2.45, 2.75) is 45.7 Å². The van der Waals surface area contributed by atoms with Crippen molar-refractivity contribution in [1.29, 1.82) is 5.26 Å².